The van der Waals surface area contributed by atoms with E-state index in [1.165, 1.54) is 12.1 Å². The third-order valence-corrected chi connectivity index (χ3v) is 3.83. The summed E-state index contributed by atoms with van der Waals surface area (Å²) < 4.78 is 13.9. The highest BCUT2D eigenvalue weighted by Crippen LogP contribution is 2.46. The standard InChI is InChI=1S/C15H19FN2O2/c1-18(2)9-11-7-12(16)8-13(14(11)20)15(17-10-19)5-3-4-6-15/h7-8,20H,3-6,9H2,1-2H3. The Morgan fingerprint density at radius 1 is 1.40 bits per heavy atom. The number of aromatic hydroxyl groups is 1. The summed E-state index contributed by atoms with van der Waals surface area (Å²) in [5, 5.41) is 10.4. The van der Waals surface area contributed by atoms with Gasteiger partial charge in [0, 0.05) is 17.7 Å². The molecule has 0 heterocycles. The summed E-state index contributed by atoms with van der Waals surface area (Å²) >= 11 is 0. The van der Waals surface area contributed by atoms with E-state index in [0.29, 0.717) is 30.5 Å². The average Bonchev–Trinajstić information content (AvgIpc) is 2.83. The molecule has 0 aliphatic heterocycles. The summed E-state index contributed by atoms with van der Waals surface area (Å²) in [6.07, 6.45) is 4.68. The van der Waals surface area contributed by atoms with Crippen LogP contribution in [0.25, 0.3) is 0 Å². The van der Waals surface area contributed by atoms with E-state index in [2.05, 4.69) is 4.99 Å². The van der Waals surface area contributed by atoms with Crippen molar-refractivity contribution in [2.24, 2.45) is 4.99 Å². The first-order chi connectivity index (χ1) is 9.48. The van der Waals surface area contributed by atoms with E-state index in [1.54, 1.807) is 6.08 Å². The highest BCUT2D eigenvalue weighted by molar-refractivity contribution is 5.48. The largest absolute Gasteiger partial charge is 0.507 e. The molecule has 20 heavy (non-hydrogen) atoms. The zero-order valence-corrected chi connectivity index (χ0v) is 11.8. The second-order valence-electron chi connectivity index (χ2n) is 5.64. The maximum Gasteiger partial charge on any atom is 0.235 e. The van der Waals surface area contributed by atoms with Gasteiger partial charge in [0.2, 0.25) is 6.08 Å². The molecule has 5 heteroatoms. The third kappa shape index (κ3) is 2.74. The molecule has 0 bridgehead atoms. The maximum atomic E-state index is 13.9. The van der Waals surface area contributed by atoms with Gasteiger partial charge in [0.15, 0.2) is 0 Å². The topological polar surface area (TPSA) is 52.9 Å². The Morgan fingerprint density at radius 2 is 2.05 bits per heavy atom. The van der Waals surface area contributed by atoms with Crippen molar-refractivity contribution in [1.29, 1.82) is 0 Å². The number of carbonyl (C=O) groups excluding carboxylic acids is 1. The van der Waals surface area contributed by atoms with E-state index in [4.69, 9.17) is 0 Å². The molecule has 0 amide bonds. The van der Waals surface area contributed by atoms with E-state index in [0.717, 1.165) is 12.8 Å². The minimum absolute atomic E-state index is 0.0426. The van der Waals surface area contributed by atoms with E-state index >= 15 is 0 Å². The minimum Gasteiger partial charge on any atom is -0.507 e. The molecule has 0 unspecified atom stereocenters. The van der Waals surface area contributed by atoms with Gasteiger partial charge in [-0.3, -0.25) is 0 Å². The van der Waals surface area contributed by atoms with Gasteiger partial charge < -0.3 is 10.0 Å². The number of rotatable bonds is 4. The molecule has 0 aromatic heterocycles. The number of hydrogen-bond donors (Lipinski definition) is 1. The number of isocyanates is 1. The number of hydrogen-bond acceptors (Lipinski definition) is 4. The van der Waals surface area contributed by atoms with Crippen molar-refractivity contribution in [1.82, 2.24) is 4.90 Å². The molecule has 1 fully saturated rings. The normalized spacial score (nSPS) is 17.2. The SMILES string of the molecule is CN(C)Cc1cc(F)cc(C2(N=C=O)CCCC2)c1O. The molecule has 1 aliphatic rings. The quantitative estimate of drug-likeness (QED) is 0.680. The van der Waals surface area contributed by atoms with Crippen molar-refractivity contribution in [3.63, 3.8) is 0 Å². The van der Waals surface area contributed by atoms with Crippen LogP contribution in [0.4, 0.5) is 4.39 Å². The van der Waals surface area contributed by atoms with E-state index in [-0.39, 0.29) is 5.75 Å². The molecule has 0 saturated heterocycles. The average molecular weight is 278 g/mol. The fraction of sp³-hybridized carbons (Fsp3) is 0.533. The molecule has 1 aromatic rings. The fourth-order valence-electron chi connectivity index (χ4n) is 2.96. The van der Waals surface area contributed by atoms with Crippen LogP contribution in [-0.4, -0.2) is 30.2 Å². The van der Waals surface area contributed by atoms with Gasteiger partial charge in [-0.15, -0.1) is 0 Å². The maximum absolute atomic E-state index is 13.9. The first-order valence-corrected chi connectivity index (χ1v) is 6.74. The highest BCUT2D eigenvalue weighted by Gasteiger charge is 2.38. The second-order valence-corrected chi connectivity index (χ2v) is 5.64. The van der Waals surface area contributed by atoms with Crippen LogP contribution in [0.2, 0.25) is 0 Å². The van der Waals surface area contributed by atoms with Gasteiger partial charge in [-0.05, 0) is 39.1 Å². The molecule has 0 atom stereocenters. The van der Waals surface area contributed by atoms with Crippen molar-refractivity contribution in [2.75, 3.05) is 14.1 Å². The number of phenols is 1. The lowest BCUT2D eigenvalue weighted by atomic mass is 9.86. The van der Waals surface area contributed by atoms with Gasteiger partial charge in [-0.1, -0.05) is 12.8 Å². The first kappa shape index (κ1) is 14.7. The van der Waals surface area contributed by atoms with Crippen molar-refractivity contribution in [2.45, 2.75) is 37.8 Å². The summed E-state index contributed by atoms with van der Waals surface area (Å²) in [5.41, 5.74) is 0.113. The minimum atomic E-state index is -0.811. The van der Waals surface area contributed by atoms with Crippen LogP contribution in [0.15, 0.2) is 17.1 Å². The zero-order valence-electron chi connectivity index (χ0n) is 11.8. The smallest absolute Gasteiger partial charge is 0.235 e. The lowest BCUT2D eigenvalue weighted by molar-refractivity contribution is 0.369. The number of phenolic OH excluding ortho intramolecular Hbond substituents is 1. The molecule has 108 valence electrons. The van der Waals surface area contributed by atoms with Crippen molar-refractivity contribution < 1.29 is 14.3 Å². The van der Waals surface area contributed by atoms with Gasteiger partial charge >= 0.3 is 0 Å². The Balaban J connectivity index is 2.55. The van der Waals surface area contributed by atoms with Gasteiger partial charge in [0.1, 0.15) is 17.1 Å². The molecular formula is C15H19FN2O2. The molecule has 1 saturated carbocycles. The van der Waals surface area contributed by atoms with Crippen molar-refractivity contribution in [3.8, 4) is 5.75 Å². The first-order valence-electron chi connectivity index (χ1n) is 6.74. The van der Waals surface area contributed by atoms with Gasteiger partial charge in [-0.25, -0.2) is 9.18 Å². The van der Waals surface area contributed by atoms with Crippen LogP contribution in [-0.2, 0) is 16.9 Å². The Hall–Kier alpha value is -1.71. The summed E-state index contributed by atoms with van der Waals surface area (Å²) in [5.74, 6) is -0.372. The number of benzene rings is 1. The van der Waals surface area contributed by atoms with Gasteiger partial charge in [0.25, 0.3) is 0 Å². The molecule has 0 spiro atoms. The molecule has 2 rings (SSSR count). The summed E-state index contributed by atoms with van der Waals surface area (Å²) in [7, 11) is 3.69. The number of halogens is 1. The molecule has 1 N–H and O–H groups in total. The molecule has 1 aliphatic carbocycles. The summed E-state index contributed by atoms with van der Waals surface area (Å²) in [4.78, 5) is 16.5. The van der Waals surface area contributed by atoms with Crippen molar-refractivity contribution >= 4 is 6.08 Å². The Morgan fingerprint density at radius 3 is 2.60 bits per heavy atom. The van der Waals surface area contributed by atoms with E-state index in [9.17, 15) is 14.3 Å². The van der Waals surface area contributed by atoms with Crippen LogP contribution < -0.4 is 0 Å². The molecule has 4 nitrogen and oxygen atoms in total. The number of aliphatic imine (C=N–C) groups is 1. The monoisotopic (exact) mass is 278 g/mol. The Kier molecular flexibility index (Phi) is 4.21. The molecule has 1 aromatic carbocycles. The molecular weight excluding hydrogens is 259 g/mol. The van der Waals surface area contributed by atoms with E-state index in [1.807, 2.05) is 19.0 Å². The lowest BCUT2D eigenvalue weighted by Gasteiger charge is -2.25. The predicted octanol–water partition coefficient (Wildman–Crippen LogP) is 2.70. The van der Waals surface area contributed by atoms with E-state index < -0.39 is 11.4 Å². The van der Waals surface area contributed by atoms with Crippen LogP contribution in [0.5, 0.6) is 5.75 Å². The number of nitrogens with zero attached hydrogens (tertiary/aromatic N) is 2. The fourth-order valence-corrected chi connectivity index (χ4v) is 2.96. The van der Waals surface area contributed by atoms with Crippen LogP contribution in [0.3, 0.4) is 0 Å². The van der Waals surface area contributed by atoms with Crippen LogP contribution >= 0.6 is 0 Å². The summed E-state index contributed by atoms with van der Waals surface area (Å²) in [6, 6.07) is 2.62. The Labute approximate surface area is 117 Å². The third-order valence-electron chi connectivity index (χ3n) is 3.83. The lowest BCUT2D eigenvalue weighted by Crippen LogP contribution is -2.21. The van der Waals surface area contributed by atoms with Gasteiger partial charge in [0.05, 0.1) is 0 Å². The van der Waals surface area contributed by atoms with Crippen molar-refractivity contribution in [3.05, 3.63) is 29.1 Å². The predicted molar refractivity (Wildman–Crippen MR) is 73.7 cm³/mol. The van der Waals surface area contributed by atoms with Gasteiger partial charge in [-0.2, -0.15) is 4.99 Å². The highest BCUT2D eigenvalue weighted by atomic mass is 19.1. The second kappa shape index (κ2) is 5.73. The van der Waals surface area contributed by atoms with Crippen LogP contribution in [0, 0.1) is 5.82 Å². The Bertz CT molecular complexity index is 545. The summed E-state index contributed by atoms with van der Waals surface area (Å²) in [6.45, 7) is 0.428. The zero-order chi connectivity index (χ0) is 14.8. The molecule has 0 radical (unpaired) electrons. The van der Waals surface area contributed by atoms with Crippen LogP contribution in [0.1, 0.15) is 36.8 Å².